The zero-order valence-corrected chi connectivity index (χ0v) is 12.4. The van der Waals surface area contributed by atoms with E-state index in [9.17, 15) is 4.79 Å². The van der Waals surface area contributed by atoms with Crippen LogP contribution in [0, 0.1) is 6.92 Å². The lowest BCUT2D eigenvalue weighted by molar-refractivity contribution is 0.101. The monoisotopic (exact) mass is 307 g/mol. The van der Waals surface area contributed by atoms with Gasteiger partial charge < -0.3 is 14.6 Å². The first-order chi connectivity index (χ1) is 11.2. The Morgan fingerprint density at radius 2 is 2.13 bits per heavy atom. The molecule has 2 aromatic heterocycles. The number of anilines is 1. The molecule has 4 rings (SSSR count). The second-order valence-corrected chi connectivity index (χ2v) is 5.30. The third-order valence-corrected chi connectivity index (χ3v) is 3.66. The van der Waals surface area contributed by atoms with E-state index in [2.05, 4.69) is 15.5 Å². The summed E-state index contributed by atoms with van der Waals surface area (Å²) in [6, 6.07) is 11.2. The number of carbonyl (C=O) groups is 1. The molecule has 0 atom stereocenters. The average molecular weight is 307 g/mol. The Kier molecular flexibility index (Phi) is 3.08. The van der Waals surface area contributed by atoms with Crippen molar-refractivity contribution in [1.29, 1.82) is 0 Å². The van der Waals surface area contributed by atoms with E-state index >= 15 is 0 Å². The summed E-state index contributed by atoms with van der Waals surface area (Å²) in [5.74, 6) is 1.41. The fourth-order valence-electron chi connectivity index (χ4n) is 2.54. The van der Waals surface area contributed by atoms with Gasteiger partial charge in [0.1, 0.15) is 18.2 Å². The highest BCUT2D eigenvalue weighted by atomic mass is 16.5. The van der Waals surface area contributed by atoms with E-state index < -0.39 is 0 Å². The zero-order chi connectivity index (χ0) is 15.8. The van der Waals surface area contributed by atoms with Gasteiger partial charge in [-0.3, -0.25) is 4.79 Å². The van der Waals surface area contributed by atoms with Crippen LogP contribution in [-0.2, 0) is 6.61 Å². The Bertz CT molecular complexity index is 902. The highest BCUT2D eigenvalue weighted by molar-refractivity contribution is 6.04. The Morgan fingerprint density at radius 1 is 1.26 bits per heavy atom. The van der Waals surface area contributed by atoms with Crippen LogP contribution in [0.5, 0.6) is 5.75 Å². The molecule has 3 heterocycles. The largest absolute Gasteiger partial charge is 0.488 e. The summed E-state index contributed by atoms with van der Waals surface area (Å²) >= 11 is 0. The molecular weight excluding hydrogens is 294 g/mol. The van der Waals surface area contributed by atoms with Crippen LogP contribution < -0.4 is 10.1 Å². The second-order valence-electron chi connectivity index (χ2n) is 5.30. The molecule has 114 valence electrons. The van der Waals surface area contributed by atoms with Crippen molar-refractivity contribution in [3.05, 3.63) is 59.4 Å². The van der Waals surface area contributed by atoms with Gasteiger partial charge in [0.05, 0.1) is 11.1 Å². The molecule has 23 heavy (non-hydrogen) atoms. The van der Waals surface area contributed by atoms with Gasteiger partial charge in [0.25, 0.3) is 5.91 Å². The van der Waals surface area contributed by atoms with E-state index in [-0.39, 0.29) is 18.2 Å². The van der Waals surface area contributed by atoms with Gasteiger partial charge in [0, 0.05) is 6.20 Å². The second kappa shape index (κ2) is 5.24. The SMILES string of the molecule is Cc1ccnc(NC(=O)c2noc3c2COc2ccccc2-3)c1. The molecule has 1 N–H and O–H groups in total. The number of ether oxygens (including phenoxy) is 1. The molecule has 0 fully saturated rings. The molecule has 0 radical (unpaired) electrons. The third-order valence-electron chi connectivity index (χ3n) is 3.66. The van der Waals surface area contributed by atoms with Crippen LogP contribution in [0.2, 0.25) is 0 Å². The van der Waals surface area contributed by atoms with Crippen molar-refractivity contribution in [2.45, 2.75) is 13.5 Å². The van der Waals surface area contributed by atoms with Crippen molar-refractivity contribution in [3.63, 3.8) is 0 Å². The van der Waals surface area contributed by atoms with E-state index in [1.165, 1.54) is 0 Å². The number of hydrogen-bond acceptors (Lipinski definition) is 5. The van der Waals surface area contributed by atoms with Crippen LogP contribution in [0.3, 0.4) is 0 Å². The fraction of sp³-hybridized carbons (Fsp3) is 0.118. The molecule has 1 aromatic carbocycles. The van der Waals surface area contributed by atoms with Crippen molar-refractivity contribution in [1.82, 2.24) is 10.1 Å². The van der Waals surface area contributed by atoms with Gasteiger partial charge in [0.15, 0.2) is 11.5 Å². The average Bonchev–Trinajstić information content (AvgIpc) is 2.99. The van der Waals surface area contributed by atoms with Crippen LogP contribution in [0.15, 0.2) is 47.1 Å². The number of amides is 1. The van der Waals surface area contributed by atoms with Crippen LogP contribution in [0.1, 0.15) is 21.6 Å². The maximum Gasteiger partial charge on any atom is 0.279 e. The van der Waals surface area contributed by atoms with Crippen LogP contribution in [-0.4, -0.2) is 16.0 Å². The lowest BCUT2D eigenvalue weighted by Crippen LogP contribution is -2.17. The van der Waals surface area contributed by atoms with Gasteiger partial charge in [-0.2, -0.15) is 0 Å². The van der Waals surface area contributed by atoms with E-state index in [1.807, 2.05) is 37.3 Å². The first kappa shape index (κ1) is 13.5. The van der Waals surface area contributed by atoms with Crippen molar-refractivity contribution < 1.29 is 14.1 Å². The smallest absolute Gasteiger partial charge is 0.279 e. The molecule has 6 heteroatoms. The molecule has 0 spiro atoms. The minimum atomic E-state index is -0.365. The third kappa shape index (κ3) is 2.34. The minimum absolute atomic E-state index is 0.220. The van der Waals surface area contributed by atoms with Crippen LogP contribution in [0.4, 0.5) is 5.82 Å². The molecule has 1 amide bonds. The van der Waals surface area contributed by atoms with Gasteiger partial charge in [0.2, 0.25) is 0 Å². The van der Waals surface area contributed by atoms with Gasteiger partial charge in [-0.1, -0.05) is 17.3 Å². The number of nitrogens with one attached hydrogen (secondary N) is 1. The number of rotatable bonds is 2. The van der Waals surface area contributed by atoms with Crippen molar-refractivity contribution in [3.8, 4) is 17.1 Å². The summed E-state index contributed by atoms with van der Waals surface area (Å²) in [5.41, 5.74) is 2.68. The predicted octanol–water partition coefficient (Wildman–Crippen LogP) is 3.19. The molecule has 1 aliphatic heterocycles. The minimum Gasteiger partial charge on any atom is -0.488 e. The molecule has 3 aromatic rings. The van der Waals surface area contributed by atoms with Crippen molar-refractivity contribution in [2.24, 2.45) is 0 Å². The van der Waals surface area contributed by atoms with Gasteiger partial charge in [-0.25, -0.2) is 4.98 Å². The highest BCUT2D eigenvalue weighted by Gasteiger charge is 2.28. The summed E-state index contributed by atoms with van der Waals surface area (Å²) in [4.78, 5) is 16.6. The quantitative estimate of drug-likeness (QED) is 0.786. The molecule has 0 unspecified atom stereocenters. The summed E-state index contributed by atoms with van der Waals surface area (Å²) in [5, 5.41) is 6.65. The van der Waals surface area contributed by atoms with Crippen LogP contribution in [0.25, 0.3) is 11.3 Å². The highest BCUT2D eigenvalue weighted by Crippen LogP contribution is 2.38. The number of aryl methyl sites for hydroxylation is 1. The van der Waals surface area contributed by atoms with Crippen molar-refractivity contribution in [2.75, 3.05) is 5.32 Å². The Hall–Kier alpha value is -3.15. The Balaban J connectivity index is 1.67. The van der Waals surface area contributed by atoms with Gasteiger partial charge in [-0.15, -0.1) is 0 Å². The maximum absolute atomic E-state index is 12.4. The first-order valence-corrected chi connectivity index (χ1v) is 7.17. The van der Waals surface area contributed by atoms with Crippen molar-refractivity contribution >= 4 is 11.7 Å². The Labute approximate surface area is 132 Å². The number of aromatic nitrogens is 2. The molecule has 0 saturated heterocycles. The molecule has 6 nitrogen and oxygen atoms in total. The normalized spacial score (nSPS) is 12.0. The number of hydrogen-bond donors (Lipinski definition) is 1. The number of carbonyl (C=O) groups excluding carboxylic acids is 1. The van der Waals surface area contributed by atoms with Gasteiger partial charge in [-0.05, 0) is 36.8 Å². The molecular formula is C17H13N3O3. The number of benzene rings is 1. The van der Waals surface area contributed by atoms with E-state index in [1.54, 1.807) is 12.3 Å². The molecule has 1 aliphatic rings. The summed E-state index contributed by atoms with van der Waals surface area (Å²) in [6.45, 7) is 2.18. The fourth-order valence-corrected chi connectivity index (χ4v) is 2.54. The van der Waals surface area contributed by atoms with E-state index in [0.29, 0.717) is 17.1 Å². The molecule has 0 saturated carbocycles. The number of para-hydroxylation sites is 1. The zero-order valence-electron chi connectivity index (χ0n) is 12.4. The summed E-state index contributed by atoms with van der Waals surface area (Å²) in [7, 11) is 0. The van der Waals surface area contributed by atoms with E-state index in [4.69, 9.17) is 9.26 Å². The topological polar surface area (TPSA) is 77.3 Å². The lowest BCUT2D eigenvalue weighted by Gasteiger charge is -2.15. The maximum atomic E-state index is 12.4. The Morgan fingerprint density at radius 3 is 3.00 bits per heavy atom. The molecule has 0 aliphatic carbocycles. The summed E-state index contributed by atoms with van der Waals surface area (Å²) < 4.78 is 11.1. The first-order valence-electron chi connectivity index (χ1n) is 7.17. The number of nitrogens with zero attached hydrogens (tertiary/aromatic N) is 2. The van der Waals surface area contributed by atoms with E-state index in [0.717, 1.165) is 16.9 Å². The summed E-state index contributed by atoms with van der Waals surface area (Å²) in [6.07, 6.45) is 1.64. The number of fused-ring (bicyclic) bond motifs is 3. The van der Waals surface area contributed by atoms with Crippen LogP contribution >= 0.6 is 0 Å². The number of pyridine rings is 1. The molecule has 0 bridgehead atoms. The predicted molar refractivity (Wildman–Crippen MR) is 83.2 cm³/mol. The van der Waals surface area contributed by atoms with Gasteiger partial charge >= 0.3 is 0 Å². The standard InChI is InChI=1S/C17H13N3O3/c1-10-6-7-18-14(8-10)19-17(21)15-12-9-22-13-5-3-2-4-11(13)16(12)23-20-15/h2-8H,9H2,1H3,(H,18,19,21). The lowest BCUT2D eigenvalue weighted by atomic mass is 10.0.